The first kappa shape index (κ1) is 16.8. The average Bonchev–Trinajstić information content (AvgIpc) is 2.78. The van der Waals surface area contributed by atoms with Gasteiger partial charge in [-0.3, -0.25) is 10.1 Å². The summed E-state index contributed by atoms with van der Waals surface area (Å²) in [5.74, 6) is 0.747. The summed E-state index contributed by atoms with van der Waals surface area (Å²) in [5, 5.41) is 3.99. The maximum Gasteiger partial charge on any atom is 0.327 e. The molecule has 1 saturated heterocycles. The molecule has 0 saturated carbocycles. The zero-order chi connectivity index (χ0) is 14.3. The summed E-state index contributed by atoms with van der Waals surface area (Å²) in [5.41, 5.74) is -0.465. The summed E-state index contributed by atoms with van der Waals surface area (Å²) >= 11 is 1.85. The number of ether oxygens (including phenoxy) is 1. The van der Waals surface area contributed by atoms with E-state index in [2.05, 4.69) is 31.0 Å². The fourth-order valence-corrected chi connectivity index (χ4v) is 3.80. The van der Waals surface area contributed by atoms with E-state index in [1.807, 2.05) is 18.7 Å². The molecule has 0 aromatic carbocycles. The van der Waals surface area contributed by atoms with Crippen LogP contribution in [-0.4, -0.2) is 60.2 Å². The normalized spacial score (nSPS) is 26.9. The quantitative estimate of drug-likeness (QED) is 0.689. The molecule has 2 atom stereocenters. The molecule has 1 N–H and O–H groups in total. The van der Waals surface area contributed by atoms with E-state index in [1.54, 1.807) is 0 Å². The number of rotatable bonds is 8. The summed E-state index contributed by atoms with van der Waals surface area (Å²) < 4.78 is 5.26. The number of hydrogen-bond donors (Lipinski definition) is 1. The van der Waals surface area contributed by atoms with Gasteiger partial charge in [-0.05, 0) is 26.4 Å². The molecule has 1 heterocycles. The number of nitrogens with zero attached hydrogens (tertiary/aromatic N) is 1. The van der Waals surface area contributed by atoms with E-state index in [-0.39, 0.29) is 5.97 Å². The van der Waals surface area contributed by atoms with Crippen LogP contribution in [0.15, 0.2) is 0 Å². The molecule has 0 aromatic rings. The number of thioether (sulfide) groups is 1. The zero-order valence-electron chi connectivity index (χ0n) is 12.7. The Morgan fingerprint density at radius 2 is 2.11 bits per heavy atom. The third-order valence-corrected chi connectivity index (χ3v) is 5.10. The number of nitrogens with one attached hydrogen (secondary N) is 1. The summed E-state index contributed by atoms with van der Waals surface area (Å²) in [6.45, 7) is 12.8. The van der Waals surface area contributed by atoms with Crippen molar-refractivity contribution in [3.63, 3.8) is 0 Å². The molecule has 1 aliphatic rings. The molecule has 0 bridgehead atoms. The SMILES string of the molecule is CCOC(=O)C1(NCCN(CC)CC)CSC(C)C1. The van der Waals surface area contributed by atoms with Crippen LogP contribution in [0.2, 0.25) is 0 Å². The molecule has 0 spiro atoms. The Morgan fingerprint density at radius 1 is 1.42 bits per heavy atom. The minimum Gasteiger partial charge on any atom is -0.465 e. The molecule has 2 unspecified atom stereocenters. The predicted octanol–water partition coefficient (Wildman–Crippen LogP) is 1.75. The van der Waals surface area contributed by atoms with Crippen molar-refractivity contribution >= 4 is 17.7 Å². The highest BCUT2D eigenvalue weighted by Crippen LogP contribution is 2.35. The Labute approximate surface area is 121 Å². The van der Waals surface area contributed by atoms with Crippen LogP contribution in [-0.2, 0) is 9.53 Å². The second kappa shape index (κ2) is 8.12. The molecule has 1 rings (SSSR count). The molecule has 19 heavy (non-hydrogen) atoms. The molecule has 112 valence electrons. The van der Waals surface area contributed by atoms with Crippen molar-refractivity contribution in [2.45, 2.75) is 44.9 Å². The predicted molar refractivity (Wildman–Crippen MR) is 81.7 cm³/mol. The van der Waals surface area contributed by atoms with Crippen LogP contribution in [0.5, 0.6) is 0 Å². The molecular formula is C14H28N2O2S. The van der Waals surface area contributed by atoms with E-state index in [0.29, 0.717) is 11.9 Å². The lowest BCUT2D eigenvalue weighted by Crippen LogP contribution is -2.55. The van der Waals surface area contributed by atoms with E-state index in [0.717, 1.165) is 38.4 Å². The van der Waals surface area contributed by atoms with Crippen LogP contribution >= 0.6 is 11.8 Å². The Kier molecular flexibility index (Phi) is 7.18. The Morgan fingerprint density at radius 3 is 2.58 bits per heavy atom. The molecule has 0 aliphatic carbocycles. The van der Waals surface area contributed by atoms with Crippen molar-refractivity contribution in [3.8, 4) is 0 Å². The van der Waals surface area contributed by atoms with Crippen molar-refractivity contribution in [1.29, 1.82) is 0 Å². The monoisotopic (exact) mass is 288 g/mol. The molecule has 4 nitrogen and oxygen atoms in total. The van der Waals surface area contributed by atoms with E-state index in [1.165, 1.54) is 0 Å². The standard InChI is InChI=1S/C14H28N2O2S/c1-5-16(6-2)9-8-15-14(13(17)18-7-3)10-12(4)19-11-14/h12,15H,5-11H2,1-4H3. The summed E-state index contributed by atoms with van der Waals surface area (Å²) in [6.07, 6.45) is 0.870. The lowest BCUT2D eigenvalue weighted by molar-refractivity contribution is -0.150. The van der Waals surface area contributed by atoms with Gasteiger partial charge in [-0.25, -0.2) is 0 Å². The van der Waals surface area contributed by atoms with Gasteiger partial charge in [-0.1, -0.05) is 20.8 Å². The van der Waals surface area contributed by atoms with Crippen LogP contribution in [0, 0.1) is 0 Å². The number of likely N-dealkylation sites (N-methyl/N-ethyl adjacent to an activating group) is 1. The summed E-state index contributed by atoms with van der Waals surface area (Å²) in [6, 6.07) is 0. The second-order valence-corrected chi connectivity index (χ2v) is 6.51. The highest BCUT2D eigenvalue weighted by atomic mass is 32.2. The summed E-state index contributed by atoms with van der Waals surface area (Å²) in [7, 11) is 0. The number of esters is 1. The second-order valence-electron chi connectivity index (χ2n) is 5.08. The Balaban J connectivity index is 2.53. The zero-order valence-corrected chi connectivity index (χ0v) is 13.5. The van der Waals surface area contributed by atoms with Crippen LogP contribution in [0.3, 0.4) is 0 Å². The largest absolute Gasteiger partial charge is 0.465 e. The number of carbonyl (C=O) groups excluding carboxylic acids is 1. The fraction of sp³-hybridized carbons (Fsp3) is 0.929. The van der Waals surface area contributed by atoms with E-state index in [9.17, 15) is 4.79 Å². The van der Waals surface area contributed by atoms with Crippen molar-refractivity contribution < 1.29 is 9.53 Å². The molecule has 0 amide bonds. The van der Waals surface area contributed by atoms with Crippen LogP contribution in [0.4, 0.5) is 0 Å². The van der Waals surface area contributed by atoms with Crippen molar-refractivity contribution in [3.05, 3.63) is 0 Å². The Hall–Kier alpha value is -0.260. The van der Waals surface area contributed by atoms with E-state index >= 15 is 0 Å². The third-order valence-electron chi connectivity index (χ3n) is 3.70. The number of hydrogen-bond acceptors (Lipinski definition) is 5. The fourth-order valence-electron chi connectivity index (χ4n) is 2.49. The first-order valence-electron chi connectivity index (χ1n) is 7.34. The van der Waals surface area contributed by atoms with Gasteiger partial charge in [0.2, 0.25) is 0 Å². The van der Waals surface area contributed by atoms with E-state index < -0.39 is 5.54 Å². The van der Waals surface area contributed by atoms with Gasteiger partial charge in [-0.2, -0.15) is 11.8 Å². The highest BCUT2D eigenvalue weighted by Gasteiger charge is 2.45. The van der Waals surface area contributed by atoms with Gasteiger partial charge in [0.05, 0.1) is 6.61 Å². The maximum atomic E-state index is 12.2. The lowest BCUT2D eigenvalue weighted by atomic mass is 9.96. The van der Waals surface area contributed by atoms with Gasteiger partial charge in [0.1, 0.15) is 5.54 Å². The van der Waals surface area contributed by atoms with Crippen LogP contribution in [0.25, 0.3) is 0 Å². The van der Waals surface area contributed by atoms with Gasteiger partial charge in [-0.15, -0.1) is 0 Å². The third kappa shape index (κ3) is 4.65. The topological polar surface area (TPSA) is 41.6 Å². The minimum atomic E-state index is -0.465. The van der Waals surface area contributed by atoms with Crippen molar-refractivity contribution in [2.75, 3.05) is 38.5 Å². The molecule has 1 fully saturated rings. The molecule has 1 aliphatic heterocycles. The molecular weight excluding hydrogens is 260 g/mol. The van der Waals surface area contributed by atoms with E-state index in [4.69, 9.17) is 4.74 Å². The Bertz CT molecular complexity index is 285. The summed E-state index contributed by atoms with van der Waals surface area (Å²) in [4.78, 5) is 14.6. The minimum absolute atomic E-state index is 0.0774. The number of carbonyl (C=O) groups is 1. The first-order chi connectivity index (χ1) is 9.07. The highest BCUT2D eigenvalue weighted by molar-refractivity contribution is 8.00. The first-order valence-corrected chi connectivity index (χ1v) is 8.39. The van der Waals surface area contributed by atoms with Gasteiger partial charge >= 0.3 is 5.97 Å². The van der Waals surface area contributed by atoms with Crippen LogP contribution < -0.4 is 5.32 Å². The lowest BCUT2D eigenvalue weighted by Gasteiger charge is -2.29. The van der Waals surface area contributed by atoms with Gasteiger partial charge < -0.3 is 9.64 Å². The maximum absolute atomic E-state index is 12.2. The molecule has 0 radical (unpaired) electrons. The molecule has 5 heteroatoms. The molecule has 0 aromatic heterocycles. The van der Waals surface area contributed by atoms with Gasteiger partial charge in [0.15, 0.2) is 0 Å². The smallest absolute Gasteiger partial charge is 0.327 e. The van der Waals surface area contributed by atoms with Crippen LogP contribution in [0.1, 0.15) is 34.1 Å². The van der Waals surface area contributed by atoms with Crippen molar-refractivity contribution in [1.82, 2.24) is 10.2 Å². The average molecular weight is 288 g/mol. The van der Waals surface area contributed by atoms with Crippen molar-refractivity contribution in [2.24, 2.45) is 0 Å². The van der Waals surface area contributed by atoms with Gasteiger partial charge in [0.25, 0.3) is 0 Å². The van der Waals surface area contributed by atoms with Gasteiger partial charge in [0, 0.05) is 24.1 Å².